The highest BCUT2D eigenvalue weighted by molar-refractivity contribution is 7.12. The summed E-state index contributed by atoms with van der Waals surface area (Å²) in [6.07, 6.45) is 2.95. The van der Waals surface area contributed by atoms with Crippen molar-refractivity contribution < 1.29 is 0 Å². The Bertz CT molecular complexity index is 727. The monoisotopic (exact) mass is 296 g/mol. The average molecular weight is 296 g/mol. The molecule has 0 spiro atoms. The minimum absolute atomic E-state index is 0.244. The number of aromatic nitrogens is 1. The van der Waals surface area contributed by atoms with E-state index in [1.54, 1.807) is 0 Å². The van der Waals surface area contributed by atoms with Crippen LogP contribution in [0, 0.1) is 0 Å². The fourth-order valence-corrected chi connectivity index (χ4v) is 3.73. The van der Waals surface area contributed by atoms with E-state index in [0.717, 1.165) is 18.5 Å². The molecule has 2 heterocycles. The van der Waals surface area contributed by atoms with Crippen molar-refractivity contribution in [1.82, 2.24) is 10.3 Å². The van der Waals surface area contributed by atoms with Crippen LogP contribution in [0.1, 0.15) is 35.2 Å². The van der Waals surface area contributed by atoms with Gasteiger partial charge < -0.3 is 5.32 Å². The summed E-state index contributed by atoms with van der Waals surface area (Å²) in [5.41, 5.74) is 2.37. The Morgan fingerprint density at radius 3 is 2.76 bits per heavy atom. The SMILES string of the molecule is CCNC(c1ccc(CC)s1)c1cccc2ncccc12. The molecule has 0 amide bonds. The summed E-state index contributed by atoms with van der Waals surface area (Å²) in [5, 5.41) is 4.86. The van der Waals surface area contributed by atoms with Crippen LogP contribution in [0.3, 0.4) is 0 Å². The Morgan fingerprint density at radius 1 is 1.10 bits per heavy atom. The fourth-order valence-electron chi connectivity index (χ4n) is 2.69. The second kappa shape index (κ2) is 6.37. The molecule has 0 aliphatic rings. The zero-order valence-corrected chi connectivity index (χ0v) is 13.3. The smallest absolute Gasteiger partial charge is 0.0705 e. The molecule has 0 saturated carbocycles. The Balaban J connectivity index is 2.11. The van der Waals surface area contributed by atoms with Crippen LogP contribution in [-0.4, -0.2) is 11.5 Å². The highest BCUT2D eigenvalue weighted by Gasteiger charge is 2.17. The lowest BCUT2D eigenvalue weighted by Gasteiger charge is -2.19. The lowest BCUT2D eigenvalue weighted by Crippen LogP contribution is -2.21. The maximum Gasteiger partial charge on any atom is 0.0705 e. The van der Waals surface area contributed by atoms with Gasteiger partial charge in [-0.1, -0.05) is 32.0 Å². The minimum Gasteiger partial charge on any atom is -0.306 e. The number of thiophene rings is 1. The number of fused-ring (bicyclic) bond motifs is 1. The quantitative estimate of drug-likeness (QED) is 0.746. The molecule has 0 fully saturated rings. The minimum atomic E-state index is 0.244. The van der Waals surface area contributed by atoms with E-state index in [4.69, 9.17) is 0 Å². The van der Waals surface area contributed by atoms with E-state index in [0.29, 0.717) is 0 Å². The first-order valence-corrected chi connectivity index (χ1v) is 8.30. The van der Waals surface area contributed by atoms with E-state index in [-0.39, 0.29) is 6.04 Å². The molecule has 2 nitrogen and oxygen atoms in total. The van der Waals surface area contributed by atoms with Gasteiger partial charge in [-0.2, -0.15) is 0 Å². The first kappa shape index (κ1) is 14.2. The summed E-state index contributed by atoms with van der Waals surface area (Å²) < 4.78 is 0. The predicted molar refractivity (Wildman–Crippen MR) is 91.0 cm³/mol. The first-order valence-electron chi connectivity index (χ1n) is 7.49. The van der Waals surface area contributed by atoms with Gasteiger partial charge in [0.05, 0.1) is 11.6 Å². The van der Waals surface area contributed by atoms with Gasteiger partial charge in [-0.05, 0) is 42.8 Å². The molecule has 3 aromatic rings. The number of nitrogens with zero attached hydrogens (tertiary/aromatic N) is 1. The van der Waals surface area contributed by atoms with E-state index in [2.05, 4.69) is 60.5 Å². The molecule has 0 aliphatic carbocycles. The molecule has 0 aliphatic heterocycles. The number of benzene rings is 1. The molecular formula is C18H20N2S. The van der Waals surface area contributed by atoms with Crippen molar-refractivity contribution in [1.29, 1.82) is 0 Å². The Hall–Kier alpha value is -1.71. The van der Waals surface area contributed by atoms with Gasteiger partial charge in [0.1, 0.15) is 0 Å². The largest absolute Gasteiger partial charge is 0.306 e. The van der Waals surface area contributed by atoms with Crippen molar-refractivity contribution >= 4 is 22.2 Å². The average Bonchev–Trinajstić information content (AvgIpc) is 3.01. The zero-order chi connectivity index (χ0) is 14.7. The summed E-state index contributed by atoms with van der Waals surface area (Å²) in [6, 6.07) is 15.3. The van der Waals surface area contributed by atoms with E-state index in [9.17, 15) is 0 Å². The van der Waals surface area contributed by atoms with Crippen LogP contribution in [-0.2, 0) is 6.42 Å². The third kappa shape index (κ3) is 2.85. The fraction of sp³-hybridized carbons (Fsp3) is 0.278. The van der Waals surface area contributed by atoms with Gasteiger partial charge in [0.2, 0.25) is 0 Å². The van der Waals surface area contributed by atoms with Gasteiger partial charge in [-0.25, -0.2) is 0 Å². The summed E-state index contributed by atoms with van der Waals surface area (Å²) in [5.74, 6) is 0. The van der Waals surface area contributed by atoms with Crippen molar-refractivity contribution in [3.63, 3.8) is 0 Å². The summed E-state index contributed by atoms with van der Waals surface area (Å²) in [7, 11) is 0. The molecular weight excluding hydrogens is 276 g/mol. The standard InChI is InChI=1S/C18H20N2S/c1-3-13-10-11-17(21-13)18(19-4-2)15-7-5-9-16-14(15)8-6-12-20-16/h5-12,18-19H,3-4H2,1-2H3. The lowest BCUT2D eigenvalue weighted by molar-refractivity contribution is 0.643. The Kier molecular flexibility index (Phi) is 4.32. The molecule has 0 radical (unpaired) electrons. The number of hydrogen-bond acceptors (Lipinski definition) is 3. The number of aryl methyl sites for hydroxylation is 1. The van der Waals surface area contributed by atoms with Gasteiger partial charge in [-0.3, -0.25) is 4.98 Å². The zero-order valence-electron chi connectivity index (χ0n) is 12.5. The van der Waals surface area contributed by atoms with Crippen LogP contribution in [0.5, 0.6) is 0 Å². The van der Waals surface area contributed by atoms with Crippen LogP contribution >= 0.6 is 11.3 Å². The van der Waals surface area contributed by atoms with Crippen molar-refractivity contribution in [2.75, 3.05) is 6.54 Å². The van der Waals surface area contributed by atoms with Crippen LogP contribution in [0.2, 0.25) is 0 Å². The second-order valence-electron chi connectivity index (χ2n) is 5.07. The van der Waals surface area contributed by atoms with Crippen molar-refractivity contribution in [3.05, 3.63) is 64.0 Å². The Labute approximate surface area is 129 Å². The lowest BCUT2D eigenvalue weighted by atomic mass is 10.00. The van der Waals surface area contributed by atoms with E-state index in [1.165, 1.54) is 20.7 Å². The molecule has 0 saturated heterocycles. The molecule has 1 unspecified atom stereocenters. The van der Waals surface area contributed by atoms with Gasteiger partial charge in [0.25, 0.3) is 0 Å². The molecule has 1 aromatic carbocycles. The first-order chi connectivity index (χ1) is 10.3. The van der Waals surface area contributed by atoms with Gasteiger partial charge in [0, 0.05) is 21.3 Å². The number of rotatable bonds is 5. The topological polar surface area (TPSA) is 24.9 Å². The highest BCUT2D eigenvalue weighted by Crippen LogP contribution is 2.32. The number of hydrogen-bond donors (Lipinski definition) is 1. The molecule has 1 atom stereocenters. The number of nitrogens with one attached hydrogen (secondary N) is 1. The van der Waals surface area contributed by atoms with E-state index in [1.807, 2.05) is 23.6 Å². The van der Waals surface area contributed by atoms with E-state index >= 15 is 0 Å². The predicted octanol–water partition coefficient (Wildman–Crippen LogP) is 4.56. The molecule has 1 N–H and O–H groups in total. The van der Waals surface area contributed by atoms with Gasteiger partial charge in [-0.15, -0.1) is 11.3 Å². The molecule has 21 heavy (non-hydrogen) atoms. The summed E-state index contributed by atoms with van der Waals surface area (Å²) in [6.45, 7) is 5.31. The Morgan fingerprint density at radius 2 is 2.00 bits per heavy atom. The van der Waals surface area contributed by atoms with Gasteiger partial charge in [0.15, 0.2) is 0 Å². The summed E-state index contributed by atoms with van der Waals surface area (Å²) in [4.78, 5) is 7.29. The molecule has 2 aromatic heterocycles. The molecule has 3 heteroatoms. The van der Waals surface area contributed by atoms with Crippen LogP contribution in [0.4, 0.5) is 0 Å². The van der Waals surface area contributed by atoms with Crippen molar-refractivity contribution in [2.45, 2.75) is 26.3 Å². The molecule has 3 rings (SSSR count). The molecule has 108 valence electrons. The van der Waals surface area contributed by atoms with Crippen molar-refractivity contribution in [3.8, 4) is 0 Å². The van der Waals surface area contributed by atoms with Crippen LogP contribution in [0.25, 0.3) is 10.9 Å². The van der Waals surface area contributed by atoms with Crippen molar-refractivity contribution in [2.24, 2.45) is 0 Å². The normalized spacial score (nSPS) is 12.7. The molecule has 0 bridgehead atoms. The van der Waals surface area contributed by atoms with Crippen LogP contribution in [0.15, 0.2) is 48.7 Å². The maximum atomic E-state index is 4.48. The van der Waals surface area contributed by atoms with Gasteiger partial charge >= 0.3 is 0 Å². The highest BCUT2D eigenvalue weighted by atomic mass is 32.1. The third-order valence-electron chi connectivity index (χ3n) is 3.71. The van der Waals surface area contributed by atoms with Crippen LogP contribution < -0.4 is 5.32 Å². The third-order valence-corrected chi connectivity index (χ3v) is 5.01. The van der Waals surface area contributed by atoms with E-state index < -0.39 is 0 Å². The number of pyridine rings is 1. The summed E-state index contributed by atoms with van der Waals surface area (Å²) >= 11 is 1.90. The maximum absolute atomic E-state index is 4.48. The second-order valence-corrected chi connectivity index (χ2v) is 6.27.